The summed E-state index contributed by atoms with van der Waals surface area (Å²) in [4.78, 5) is 13.1. The maximum atomic E-state index is 13.8. The van der Waals surface area contributed by atoms with Gasteiger partial charge in [0.15, 0.2) is 6.54 Å². The molecule has 0 bridgehead atoms. The maximum absolute atomic E-state index is 13.8. The highest BCUT2D eigenvalue weighted by atomic mass is 19.1. The normalized spacial score (nSPS) is 11.9. The summed E-state index contributed by atoms with van der Waals surface area (Å²) in [5.41, 5.74) is 3.22. The first kappa shape index (κ1) is 17.9. The van der Waals surface area contributed by atoms with E-state index < -0.39 is 5.82 Å². The van der Waals surface area contributed by atoms with Gasteiger partial charge >= 0.3 is 0 Å². The molecule has 128 valence electrons. The van der Waals surface area contributed by atoms with Gasteiger partial charge in [-0.2, -0.15) is 0 Å². The Morgan fingerprint density at radius 1 is 1.17 bits per heavy atom. The molecule has 2 aromatic carbocycles. The summed E-state index contributed by atoms with van der Waals surface area (Å²) in [5, 5.41) is 2.63. The van der Waals surface area contributed by atoms with E-state index in [0.717, 1.165) is 27.3 Å². The van der Waals surface area contributed by atoms with E-state index in [1.807, 2.05) is 33.0 Å². The minimum Gasteiger partial charge on any atom is -0.496 e. The van der Waals surface area contributed by atoms with Crippen molar-refractivity contribution in [3.05, 3.63) is 58.9 Å². The highest BCUT2D eigenvalue weighted by molar-refractivity contribution is 5.91. The number of hydrogen-bond acceptors (Lipinski definition) is 2. The Morgan fingerprint density at radius 2 is 1.83 bits per heavy atom. The average molecular weight is 331 g/mol. The first-order valence-electron chi connectivity index (χ1n) is 7.90. The molecule has 5 heteroatoms. The van der Waals surface area contributed by atoms with Crippen molar-refractivity contribution in [3.63, 3.8) is 0 Å². The largest absolute Gasteiger partial charge is 0.496 e. The van der Waals surface area contributed by atoms with Crippen molar-refractivity contribution in [3.8, 4) is 5.75 Å². The number of anilines is 1. The van der Waals surface area contributed by atoms with Crippen LogP contribution in [0.2, 0.25) is 0 Å². The fourth-order valence-corrected chi connectivity index (χ4v) is 2.62. The molecule has 24 heavy (non-hydrogen) atoms. The molecule has 0 aliphatic rings. The lowest BCUT2D eigenvalue weighted by Gasteiger charge is -2.16. The van der Waals surface area contributed by atoms with Crippen molar-refractivity contribution >= 4 is 11.6 Å². The van der Waals surface area contributed by atoms with Gasteiger partial charge in [-0.05, 0) is 43.7 Å². The number of carbonyl (C=O) groups is 1. The first-order valence-corrected chi connectivity index (χ1v) is 7.90. The summed E-state index contributed by atoms with van der Waals surface area (Å²) in [7, 11) is 3.56. The van der Waals surface area contributed by atoms with Crippen molar-refractivity contribution < 1.29 is 18.8 Å². The zero-order valence-electron chi connectivity index (χ0n) is 14.6. The van der Waals surface area contributed by atoms with E-state index in [4.69, 9.17) is 4.74 Å². The molecular weight excluding hydrogens is 307 g/mol. The van der Waals surface area contributed by atoms with Crippen LogP contribution in [-0.2, 0) is 11.3 Å². The van der Waals surface area contributed by atoms with Gasteiger partial charge in [-0.1, -0.05) is 17.7 Å². The fourth-order valence-electron chi connectivity index (χ4n) is 2.62. The molecule has 2 rings (SSSR count). The van der Waals surface area contributed by atoms with Crippen molar-refractivity contribution in [2.45, 2.75) is 20.4 Å². The van der Waals surface area contributed by atoms with Gasteiger partial charge in [0.25, 0.3) is 5.91 Å². The Bertz CT molecular complexity index is 731. The summed E-state index contributed by atoms with van der Waals surface area (Å²) < 4.78 is 19.2. The van der Waals surface area contributed by atoms with Crippen LogP contribution in [0.5, 0.6) is 5.75 Å². The highest BCUT2D eigenvalue weighted by Gasteiger charge is 2.15. The van der Waals surface area contributed by atoms with Crippen molar-refractivity contribution in [2.24, 2.45) is 0 Å². The predicted octanol–water partition coefficient (Wildman–Crippen LogP) is 2.10. The number of benzene rings is 2. The van der Waals surface area contributed by atoms with Crippen molar-refractivity contribution in [2.75, 3.05) is 26.0 Å². The summed E-state index contributed by atoms with van der Waals surface area (Å²) >= 11 is 0. The van der Waals surface area contributed by atoms with Crippen LogP contribution in [0.25, 0.3) is 0 Å². The van der Waals surface area contributed by atoms with Crippen LogP contribution in [0.3, 0.4) is 0 Å². The van der Waals surface area contributed by atoms with Crippen LogP contribution < -0.4 is 15.0 Å². The van der Waals surface area contributed by atoms with Crippen LogP contribution in [0.4, 0.5) is 10.1 Å². The zero-order valence-corrected chi connectivity index (χ0v) is 14.6. The molecule has 1 unspecified atom stereocenters. The number of amides is 1. The summed E-state index contributed by atoms with van der Waals surface area (Å²) in [6.45, 7) is 4.71. The van der Waals surface area contributed by atoms with E-state index >= 15 is 0 Å². The van der Waals surface area contributed by atoms with Crippen LogP contribution in [0.1, 0.15) is 16.7 Å². The number of hydrogen-bond donors (Lipinski definition) is 2. The molecule has 1 amide bonds. The second-order valence-electron chi connectivity index (χ2n) is 6.16. The molecule has 0 radical (unpaired) electrons. The van der Waals surface area contributed by atoms with E-state index in [1.165, 1.54) is 6.07 Å². The number of ether oxygens (including phenoxy) is 1. The third kappa shape index (κ3) is 4.80. The summed E-state index contributed by atoms with van der Waals surface area (Å²) in [6.07, 6.45) is 0. The lowest BCUT2D eigenvalue weighted by molar-refractivity contribution is -0.885. The van der Waals surface area contributed by atoms with Crippen LogP contribution in [0, 0.1) is 19.7 Å². The molecule has 0 aromatic heterocycles. The Kier molecular flexibility index (Phi) is 5.93. The number of nitrogens with one attached hydrogen (secondary N) is 2. The minimum atomic E-state index is -0.415. The number of rotatable bonds is 6. The van der Waals surface area contributed by atoms with Crippen LogP contribution in [-0.4, -0.2) is 26.6 Å². The molecular formula is C19H24FN2O2+. The Balaban J connectivity index is 1.98. The number of methoxy groups -OCH3 is 1. The Morgan fingerprint density at radius 3 is 2.50 bits per heavy atom. The topological polar surface area (TPSA) is 42.8 Å². The van der Waals surface area contributed by atoms with E-state index in [0.29, 0.717) is 6.54 Å². The van der Waals surface area contributed by atoms with E-state index in [1.54, 1.807) is 19.2 Å². The van der Waals surface area contributed by atoms with Crippen LogP contribution in [0.15, 0.2) is 36.4 Å². The van der Waals surface area contributed by atoms with E-state index in [2.05, 4.69) is 11.4 Å². The maximum Gasteiger partial charge on any atom is 0.279 e. The molecule has 4 nitrogen and oxygen atoms in total. The second kappa shape index (κ2) is 7.93. The molecule has 0 fully saturated rings. The van der Waals surface area contributed by atoms with Crippen LogP contribution >= 0.6 is 0 Å². The minimum absolute atomic E-state index is 0.214. The average Bonchev–Trinajstić information content (AvgIpc) is 2.50. The number of likely N-dealkylation sites (N-methyl/N-ethyl adjacent to an activating group) is 1. The summed E-state index contributed by atoms with van der Waals surface area (Å²) in [6, 6.07) is 10.7. The number of carbonyl (C=O) groups excluding carboxylic acids is 1. The Labute approximate surface area is 142 Å². The molecule has 0 saturated heterocycles. The monoisotopic (exact) mass is 331 g/mol. The highest BCUT2D eigenvalue weighted by Crippen LogP contribution is 2.18. The molecule has 0 aliphatic carbocycles. The molecule has 0 heterocycles. The first-order chi connectivity index (χ1) is 11.4. The molecule has 0 spiro atoms. The van der Waals surface area contributed by atoms with E-state index in [-0.39, 0.29) is 18.1 Å². The van der Waals surface area contributed by atoms with Gasteiger partial charge in [0.1, 0.15) is 18.1 Å². The predicted molar refractivity (Wildman–Crippen MR) is 93.0 cm³/mol. The van der Waals surface area contributed by atoms with Gasteiger partial charge < -0.3 is 15.0 Å². The van der Waals surface area contributed by atoms with Gasteiger partial charge in [0.05, 0.1) is 19.8 Å². The molecule has 2 aromatic rings. The molecule has 2 N–H and O–H groups in total. The van der Waals surface area contributed by atoms with E-state index in [9.17, 15) is 9.18 Å². The zero-order chi connectivity index (χ0) is 17.7. The molecule has 1 atom stereocenters. The third-order valence-corrected chi connectivity index (χ3v) is 3.79. The number of halogens is 1. The summed E-state index contributed by atoms with van der Waals surface area (Å²) in [5.74, 6) is 0.174. The Hall–Kier alpha value is -2.40. The number of aryl methyl sites for hydroxylation is 2. The second-order valence-corrected chi connectivity index (χ2v) is 6.16. The van der Waals surface area contributed by atoms with Gasteiger partial charge in [-0.3, -0.25) is 4.79 Å². The smallest absolute Gasteiger partial charge is 0.279 e. The quantitative estimate of drug-likeness (QED) is 0.851. The standard InChI is InChI=1S/C19H23FN2O2/c1-13-6-8-18(24-4)15(9-13)11-22(3)12-19(23)21-17-7-5-14(2)10-16(17)20/h5-10H,11-12H2,1-4H3,(H,21,23)/p+1. The lowest BCUT2D eigenvalue weighted by Crippen LogP contribution is -3.08. The fraction of sp³-hybridized carbons (Fsp3) is 0.316. The lowest BCUT2D eigenvalue weighted by atomic mass is 10.1. The van der Waals surface area contributed by atoms with Crippen molar-refractivity contribution in [1.29, 1.82) is 0 Å². The third-order valence-electron chi connectivity index (χ3n) is 3.79. The molecule has 0 saturated carbocycles. The number of quaternary nitrogens is 1. The molecule has 0 aliphatic heterocycles. The van der Waals surface area contributed by atoms with Crippen molar-refractivity contribution in [1.82, 2.24) is 0 Å². The SMILES string of the molecule is COc1ccc(C)cc1C[NH+](C)CC(=O)Nc1ccc(C)cc1F. The van der Waals surface area contributed by atoms with Gasteiger partial charge in [0.2, 0.25) is 0 Å². The van der Waals surface area contributed by atoms with Gasteiger partial charge in [0, 0.05) is 5.56 Å². The van der Waals surface area contributed by atoms with Gasteiger partial charge in [-0.15, -0.1) is 0 Å². The van der Waals surface area contributed by atoms with Gasteiger partial charge in [-0.25, -0.2) is 4.39 Å².